The maximum atomic E-state index is 12.5. The fourth-order valence-electron chi connectivity index (χ4n) is 3.38. The van der Waals surface area contributed by atoms with Crippen molar-refractivity contribution >= 4 is 11.9 Å². The van der Waals surface area contributed by atoms with E-state index in [-0.39, 0.29) is 18.5 Å². The number of aryl methyl sites for hydroxylation is 2. The molecule has 0 saturated carbocycles. The highest BCUT2D eigenvalue weighted by Gasteiger charge is 2.23. The van der Waals surface area contributed by atoms with Crippen molar-refractivity contribution in [2.45, 2.75) is 45.6 Å². The van der Waals surface area contributed by atoms with E-state index in [2.05, 4.69) is 0 Å². The van der Waals surface area contributed by atoms with Crippen LogP contribution in [-0.2, 0) is 9.59 Å². The first kappa shape index (κ1) is 20.2. The van der Waals surface area contributed by atoms with Crippen molar-refractivity contribution in [3.8, 4) is 5.75 Å². The van der Waals surface area contributed by atoms with Gasteiger partial charge in [0, 0.05) is 19.1 Å². The van der Waals surface area contributed by atoms with Gasteiger partial charge in [-0.1, -0.05) is 12.1 Å². The summed E-state index contributed by atoms with van der Waals surface area (Å²) in [6.07, 6.45) is 3.00. The molecule has 0 bridgehead atoms. The third-order valence-corrected chi connectivity index (χ3v) is 4.98. The molecule has 1 N–H and O–H groups in total. The maximum absolute atomic E-state index is 12.5. The van der Waals surface area contributed by atoms with Crippen LogP contribution < -0.4 is 4.74 Å². The number of aliphatic carboxylic acids is 1. The Balaban J connectivity index is 1.79. The number of amides is 1. The Morgan fingerprint density at radius 3 is 2.77 bits per heavy atom. The maximum Gasteiger partial charge on any atom is 0.317 e. The van der Waals surface area contributed by atoms with Crippen molar-refractivity contribution < 1.29 is 19.4 Å². The number of carboxylic acids is 1. The number of carboxylic acid groups (broad SMARTS) is 1. The highest BCUT2D eigenvalue weighted by Crippen LogP contribution is 2.20. The molecule has 144 valence electrons. The molecular formula is C20H30N2O4. The zero-order chi connectivity index (χ0) is 19.1. The number of likely N-dealkylation sites (tertiary alicyclic amines) is 1. The van der Waals surface area contributed by atoms with Crippen molar-refractivity contribution in [2.75, 3.05) is 33.3 Å². The van der Waals surface area contributed by atoms with Crippen LogP contribution in [0.1, 0.15) is 36.8 Å². The molecule has 26 heavy (non-hydrogen) atoms. The van der Waals surface area contributed by atoms with Crippen LogP contribution in [0.25, 0.3) is 0 Å². The molecule has 0 radical (unpaired) electrons. The molecule has 6 heteroatoms. The first-order valence-electron chi connectivity index (χ1n) is 9.26. The highest BCUT2D eigenvalue weighted by atomic mass is 16.5. The lowest BCUT2D eigenvalue weighted by Crippen LogP contribution is -2.37. The van der Waals surface area contributed by atoms with E-state index in [0.717, 1.165) is 42.7 Å². The van der Waals surface area contributed by atoms with Gasteiger partial charge in [0.05, 0.1) is 19.6 Å². The van der Waals surface area contributed by atoms with E-state index in [1.165, 1.54) is 0 Å². The summed E-state index contributed by atoms with van der Waals surface area (Å²) in [5, 5.41) is 8.93. The number of hydrogen-bond donors (Lipinski definition) is 1. The van der Waals surface area contributed by atoms with Gasteiger partial charge in [-0.25, -0.2) is 0 Å². The van der Waals surface area contributed by atoms with Crippen LogP contribution >= 0.6 is 0 Å². The number of likely N-dealkylation sites (N-methyl/N-ethyl adjacent to an activating group) is 1. The SMILES string of the molecule is Cc1ccc(C)c(OCCC(=O)N2CCCC(N(C)CC(=O)O)CC2)c1. The van der Waals surface area contributed by atoms with E-state index in [4.69, 9.17) is 9.84 Å². The Morgan fingerprint density at radius 2 is 2.04 bits per heavy atom. The highest BCUT2D eigenvalue weighted by molar-refractivity contribution is 5.76. The average Bonchev–Trinajstić information content (AvgIpc) is 2.83. The smallest absolute Gasteiger partial charge is 0.317 e. The van der Waals surface area contributed by atoms with Gasteiger partial charge in [0.25, 0.3) is 0 Å². The van der Waals surface area contributed by atoms with Gasteiger partial charge < -0.3 is 14.7 Å². The first-order chi connectivity index (χ1) is 12.4. The zero-order valence-electron chi connectivity index (χ0n) is 16.0. The molecular weight excluding hydrogens is 332 g/mol. The molecule has 1 aliphatic rings. The van der Waals surface area contributed by atoms with E-state index < -0.39 is 5.97 Å². The molecule has 1 amide bonds. The van der Waals surface area contributed by atoms with Crippen LogP contribution in [0.2, 0.25) is 0 Å². The van der Waals surface area contributed by atoms with E-state index in [1.807, 2.05) is 48.9 Å². The lowest BCUT2D eigenvalue weighted by molar-refractivity contribution is -0.138. The Hall–Kier alpha value is -2.08. The van der Waals surface area contributed by atoms with Gasteiger partial charge >= 0.3 is 5.97 Å². The van der Waals surface area contributed by atoms with Crippen LogP contribution in [0.15, 0.2) is 18.2 Å². The van der Waals surface area contributed by atoms with E-state index in [9.17, 15) is 9.59 Å². The molecule has 1 unspecified atom stereocenters. The second-order valence-corrected chi connectivity index (χ2v) is 7.14. The van der Waals surface area contributed by atoms with Gasteiger partial charge in [-0.15, -0.1) is 0 Å². The van der Waals surface area contributed by atoms with Crippen LogP contribution in [0.5, 0.6) is 5.75 Å². The Bertz CT molecular complexity index is 632. The normalized spacial score (nSPS) is 17.8. The number of rotatable bonds is 7. The number of carbonyl (C=O) groups excluding carboxylic acids is 1. The molecule has 0 aromatic heterocycles. The second-order valence-electron chi connectivity index (χ2n) is 7.14. The number of nitrogens with zero attached hydrogens (tertiary/aromatic N) is 2. The summed E-state index contributed by atoms with van der Waals surface area (Å²) in [6.45, 7) is 5.85. The van der Waals surface area contributed by atoms with E-state index in [0.29, 0.717) is 19.6 Å². The third kappa shape index (κ3) is 6.02. The lowest BCUT2D eigenvalue weighted by Gasteiger charge is -2.25. The van der Waals surface area contributed by atoms with Gasteiger partial charge in [-0.05, 0) is 57.4 Å². The summed E-state index contributed by atoms with van der Waals surface area (Å²) >= 11 is 0. The first-order valence-corrected chi connectivity index (χ1v) is 9.26. The van der Waals surface area contributed by atoms with Gasteiger partial charge in [-0.3, -0.25) is 14.5 Å². The van der Waals surface area contributed by atoms with Gasteiger partial charge in [-0.2, -0.15) is 0 Å². The number of carbonyl (C=O) groups is 2. The molecule has 1 atom stereocenters. The van der Waals surface area contributed by atoms with Crippen LogP contribution in [0, 0.1) is 13.8 Å². The number of benzene rings is 1. The van der Waals surface area contributed by atoms with Crippen molar-refractivity contribution in [2.24, 2.45) is 0 Å². The van der Waals surface area contributed by atoms with Gasteiger partial charge in [0.1, 0.15) is 5.75 Å². The topological polar surface area (TPSA) is 70.1 Å². The van der Waals surface area contributed by atoms with Crippen molar-refractivity contribution in [3.63, 3.8) is 0 Å². The fraction of sp³-hybridized carbons (Fsp3) is 0.600. The molecule has 1 aromatic carbocycles. The third-order valence-electron chi connectivity index (χ3n) is 4.98. The largest absolute Gasteiger partial charge is 0.493 e. The van der Waals surface area contributed by atoms with Crippen molar-refractivity contribution in [1.82, 2.24) is 9.80 Å². The summed E-state index contributed by atoms with van der Waals surface area (Å²) in [5.41, 5.74) is 2.21. The predicted molar refractivity (Wildman–Crippen MR) is 101 cm³/mol. The quantitative estimate of drug-likeness (QED) is 0.807. The van der Waals surface area contributed by atoms with Crippen LogP contribution in [0.3, 0.4) is 0 Å². The summed E-state index contributed by atoms with van der Waals surface area (Å²) in [5.74, 6) is 0.133. The fourth-order valence-corrected chi connectivity index (χ4v) is 3.38. The molecule has 0 aliphatic carbocycles. The molecule has 1 aliphatic heterocycles. The molecule has 1 aromatic rings. The summed E-state index contributed by atoms with van der Waals surface area (Å²) in [4.78, 5) is 27.1. The van der Waals surface area contributed by atoms with E-state index >= 15 is 0 Å². The summed E-state index contributed by atoms with van der Waals surface area (Å²) < 4.78 is 5.79. The number of hydrogen-bond acceptors (Lipinski definition) is 4. The minimum atomic E-state index is -0.812. The zero-order valence-corrected chi connectivity index (χ0v) is 16.0. The van der Waals surface area contributed by atoms with E-state index in [1.54, 1.807) is 0 Å². The van der Waals surface area contributed by atoms with Gasteiger partial charge in [0.15, 0.2) is 0 Å². The molecule has 1 fully saturated rings. The Kier molecular flexibility index (Phi) is 7.45. The Morgan fingerprint density at radius 1 is 1.27 bits per heavy atom. The minimum absolute atomic E-state index is 0.0439. The summed E-state index contributed by atoms with van der Waals surface area (Å²) in [7, 11) is 1.84. The standard InChI is InChI=1S/C20H30N2O4/c1-15-6-7-16(2)18(13-15)26-12-9-19(23)22-10-4-5-17(8-11-22)21(3)14-20(24)25/h6-7,13,17H,4-5,8-12,14H2,1-3H3,(H,24,25). The lowest BCUT2D eigenvalue weighted by atomic mass is 10.1. The van der Waals surface area contributed by atoms with Crippen LogP contribution in [-0.4, -0.2) is 66.1 Å². The second kappa shape index (κ2) is 9.57. The average molecular weight is 362 g/mol. The molecule has 6 nitrogen and oxygen atoms in total. The molecule has 1 heterocycles. The van der Waals surface area contributed by atoms with Crippen molar-refractivity contribution in [3.05, 3.63) is 29.3 Å². The monoisotopic (exact) mass is 362 g/mol. The molecule has 0 spiro atoms. The van der Waals surface area contributed by atoms with Gasteiger partial charge in [0.2, 0.25) is 5.91 Å². The number of ether oxygens (including phenoxy) is 1. The predicted octanol–water partition coefficient (Wildman–Crippen LogP) is 2.47. The Labute approximate surface area is 155 Å². The molecule has 1 saturated heterocycles. The van der Waals surface area contributed by atoms with Crippen molar-refractivity contribution in [1.29, 1.82) is 0 Å². The minimum Gasteiger partial charge on any atom is -0.493 e. The van der Waals surface area contributed by atoms with Crippen LogP contribution in [0.4, 0.5) is 0 Å². The molecule has 2 rings (SSSR count). The summed E-state index contributed by atoms with van der Waals surface area (Å²) in [6, 6.07) is 6.28.